The highest BCUT2D eigenvalue weighted by Gasteiger charge is 2.42. The smallest absolute Gasteiger partial charge is 0.289 e. The molecule has 1 aromatic carbocycles. The van der Waals surface area contributed by atoms with Crippen LogP contribution in [0.2, 0.25) is 0 Å². The summed E-state index contributed by atoms with van der Waals surface area (Å²) >= 11 is 0. The molecule has 0 spiro atoms. The molecule has 4 heterocycles. The summed E-state index contributed by atoms with van der Waals surface area (Å²) < 4.78 is 7.46. The van der Waals surface area contributed by atoms with Gasteiger partial charge in [0.1, 0.15) is 24.8 Å². The van der Waals surface area contributed by atoms with Gasteiger partial charge in [0.25, 0.3) is 5.91 Å². The van der Waals surface area contributed by atoms with Gasteiger partial charge in [-0.1, -0.05) is 24.6 Å². The summed E-state index contributed by atoms with van der Waals surface area (Å²) in [5.74, 6) is 0.654. The topological polar surface area (TPSA) is 84.5 Å². The minimum absolute atomic E-state index is 0.0339. The van der Waals surface area contributed by atoms with E-state index in [1.165, 1.54) is 6.33 Å². The lowest BCUT2D eigenvalue weighted by Gasteiger charge is -2.30. The molecule has 2 aromatic heterocycles. The van der Waals surface area contributed by atoms with Crippen LogP contribution >= 0.6 is 0 Å². The van der Waals surface area contributed by atoms with Gasteiger partial charge in [-0.3, -0.25) is 9.59 Å². The Bertz CT molecular complexity index is 1070. The summed E-state index contributed by atoms with van der Waals surface area (Å²) in [5, 5.41) is 5.03. The Balaban J connectivity index is 1.37. The van der Waals surface area contributed by atoms with E-state index in [0.29, 0.717) is 24.8 Å². The number of carbonyl (C=O) groups is 2. The fourth-order valence-corrected chi connectivity index (χ4v) is 4.89. The first kappa shape index (κ1) is 18.8. The number of furan rings is 1. The zero-order chi connectivity index (χ0) is 20.7. The largest absolute Gasteiger partial charge is 0.451 e. The molecule has 0 unspecified atom stereocenters. The lowest BCUT2D eigenvalue weighted by atomic mass is 9.98. The number of hydrogen-bond donors (Lipinski definition) is 0. The molecule has 2 amide bonds. The fourth-order valence-electron chi connectivity index (χ4n) is 4.89. The molecule has 8 nitrogen and oxygen atoms in total. The molecule has 2 aliphatic heterocycles. The van der Waals surface area contributed by atoms with E-state index in [9.17, 15) is 9.59 Å². The maximum absolute atomic E-state index is 13.3. The highest BCUT2D eigenvalue weighted by atomic mass is 16.3. The Morgan fingerprint density at radius 2 is 2.07 bits per heavy atom. The lowest BCUT2D eigenvalue weighted by molar-refractivity contribution is -0.134. The quantitative estimate of drug-likeness (QED) is 0.666. The predicted octanol–water partition coefficient (Wildman–Crippen LogP) is 2.49. The number of aryl methyl sites for hydroxylation is 1. The summed E-state index contributed by atoms with van der Waals surface area (Å²) in [4.78, 5) is 34.0. The molecular formula is C22H25N5O3. The minimum Gasteiger partial charge on any atom is -0.451 e. The third kappa shape index (κ3) is 3.26. The van der Waals surface area contributed by atoms with Crippen molar-refractivity contribution in [1.82, 2.24) is 24.6 Å². The van der Waals surface area contributed by atoms with Gasteiger partial charge in [0, 0.05) is 30.6 Å². The number of amides is 2. The van der Waals surface area contributed by atoms with Crippen molar-refractivity contribution in [1.29, 1.82) is 0 Å². The molecule has 2 saturated heterocycles. The van der Waals surface area contributed by atoms with Crippen LogP contribution in [0.5, 0.6) is 0 Å². The van der Waals surface area contributed by atoms with Gasteiger partial charge in [-0.25, -0.2) is 9.67 Å². The molecule has 2 atom stereocenters. The molecule has 30 heavy (non-hydrogen) atoms. The number of rotatable bonds is 3. The average Bonchev–Trinajstić information content (AvgIpc) is 3.45. The van der Waals surface area contributed by atoms with E-state index in [4.69, 9.17) is 4.42 Å². The van der Waals surface area contributed by atoms with E-state index in [1.807, 2.05) is 41.0 Å². The summed E-state index contributed by atoms with van der Waals surface area (Å²) in [5.41, 5.74) is 1.61. The van der Waals surface area contributed by atoms with E-state index in [1.54, 1.807) is 11.0 Å². The van der Waals surface area contributed by atoms with Gasteiger partial charge < -0.3 is 14.2 Å². The maximum Gasteiger partial charge on any atom is 0.289 e. The Hall–Kier alpha value is -3.16. The van der Waals surface area contributed by atoms with E-state index in [-0.39, 0.29) is 24.4 Å². The van der Waals surface area contributed by atoms with Crippen LogP contribution in [-0.4, -0.2) is 62.1 Å². The summed E-state index contributed by atoms with van der Waals surface area (Å²) in [6, 6.07) is 7.76. The van der Waals surface area contributed by atoms with Crippen LogP contribution < -0.4 is 0 Å². The second-order valence-electron chi connectivity index (χ2n) is 8.27. The van der Waals surface area contributed by atoms with Crippen molar-refractivity contribution in [3.8, 4) is 0 Å². The Morgan fingerprint density at radius 1 is 1.20 bits per heavy atom. The molecule has 8 heteroatoms. The number of aromatic nitrogens is 3. The van der Waals surface area contributed by atoms with E-state index < -0.39 is 0 Å². The van der Waals surface area contributed by atoms with Crippen molar-refractivity contribution in [3.05, 3.63) is 48.2 Å². The highest BCUT2D eigenvalue weighted by Crippen LogP contribution is 2.33. The zero-order valence-corrected chi connectivity index (χ0v) is 17.0. The van der Waals surface area contributed by atoms with E-state index in [2.05, 4.69) is 10.1 Å². The first-order chi connectivity index (χ1) is 14.6. The third-order valence-electron chi connectivity index (χ3n) is 6.44. The maximum atomic E-state index is 13.3. The molecular weight excluding hydrogens is 382 g/mol. The van der Waals surface area contributed by atoms with Gasteiger partial charge in [-0.05, 0) is 31.7 Å². The van der Waals surface area contributed by atoms with Crippen LogP contribution in [-0.2, 0) is 11.3 Å². The van der Waals surface area contributed by atoms with Gasteiger partial charge in [0.15, 0.2) is 5.76 Å². The highest BCUT2D eigenvalue weighted by molar-refractivity contribution is 5.99. The summed E-state index contributed by atoms with van der Waals surface area (Å²) in [7, 11) is 0. The summed E-state index contributed by atoms with van der Waals surface area (Å²) in [6.45, 7) is 4.04. The van der Waals surface area contributed by atoms with Crippen molar-refractivity contribution in [3.63, 3.8) is 0 Å². The first-order valence-electron chi connectivity index (χ1n) is 10.5. The Kier molecular flexibility index (Phi) is 4.77. The van der Waals surface area contributed by atoms with Gasteiger partial charge in [-0.15, -0.1) is 0 Å². The minimum atomic E-state index is -0.0829. The molecule has 0 bridgehead atoms. The SMILES string of the molecule is Cc1c(C(=O)N2C[C@@H]3CCCCN(C(=O)Cn4cncn4)[C@@H]3C2)oc2ccccc12. The van der Waals surface area contributed by atoms with Gasteiger partial charge in [0.2, 0.25) is 5.91 Å². The molecule has 0 radical (unpaired) electrons. The number of likely N-dealkylation sites (tertiary alicyclic amines) is 2. The molecule has 5 rings (SSSR count). The van der Waals surface area contributed by atoms with Crippen molar-refractivity contribution in [2.75, 3.05) is 19.6 Å². The number of nitrogens with zero attached hydrogens (tertiary/aromatic N) is 5. The van der Waals surface area contributed by atoms with Crippen LogP contribution in [0.1, 0.15) is 35.4 Å². The number of carbonyl (C=O) groups excluding carboxylic acids is 2. The van der Waals surface area contributed by atoms with E-state index in [0.717, 1.165) is 42.3 Å². The third-order valence-corrected chi connectivity index (χ3v) is 6.44. The number of para-hydroxylation sites is 1. The second kappa shape index (κ2) is 7.59. The fraction of sp³-hybridized carbons (Fsp3) is 0.455. The van der Waals surface area contributed by atoms with Crippen molar-refractivity contribution in [2.24, 2.45) is 5.92 Å². The number of hydrogen-bond acceptors (Lipinski definition) is 5. The molecule has 0 saturated carbocycles. The molecule has 156 valence electrons. The predicted molar refractivity (Wildman–Crippen MR) is 110 cm³/mol. The van der Waals surface area contributed by atoms with Crippen LogP contribution in [0.3, 0.4) is 0 Å². The van der Waals surface area contributed by atoms with Crippen LogP contribution in [0.25, 0.3) is 11.0 Å². The normalized spacial score (nSPS) is 21.6. The zero-order valence-electron chi connectivity index (χ0n) is 17.0. The van der Waals surface area contributed by atoms with Gasteiger partial charge >= 0.3 is 0 Å². The molecule has 3 aromatic rings. The monoisotopic (exact) mass is 407 g/mol. The number of benzene rings is 1. The second-order valence-corrected chi connectivity index (χ2v) is 8.27. The van der Waals surface area contributed by atoms with Crippen LogP contribution in [0.4, 0.5) is 0 Å². The Morgan fingerprint density at radius 3 is 2.87 bits per heavy atom. The van der Waals surface area contributed by atoms with Gasteiger partial charge in [0.05, 0.1) is 6.04 Å². The van der Waals surface area contributed by atoms with Crippen LogP contribution in [0.15, 0.2) is 41.3 Å². The van der Waals surface area contributed by atoms with Crippen molar-refractivity contribution >= 4 is 22.8 Å². The van der Waals surface area contributed by atoms with Crippen molar-refractivity contribution < 1.29 is 14.0 Å². The van der Waals surface area contributed by atoms with Crippen LogP contribution in [0, 0.1) is 12.8 Å². The number of fused-ring (bicyclic) bond motifs is 2. The lowest BCUT2D eigenvalue weighted by Crippen LogP contribution is -2.46. The van der Waals surface area contributed by atoms with Gasteiger partial charge in [-0.2, -0.15) is 5.10 Å². The molecule has 0 aliphatic carbocycles. The molecule has 2 aliphatic rings. The van der Waals surface area contributed by atoms with Crippen molar-refractivity contribution in [2.45, 2.75) is 38.8 Å². The average molecular weight is 407 g/mol. The Labute approximate surface area is 174 Å². The van der Waals surface area contributed by atoms with E-state index >= 15 is 0 Å². The molecule has 2 fully saturated rings. The standard InChI is InChI=1S/C22H25N5O3/c1-15-17-7-2-3-8-19(17)30-21(15)22(29)25-10-16-6-4-5-9-27(18(16)11-25)20(28)12-26-14-23-13-24-26/h2-3,7-8,13-14,16,18H,4-6,9-12H2,1H3/t16-,18+/m0/s1. The first-order valence-corrected chi connectivity index (χ1v) is 10.5. The summed E-state index contributed by atoms with van der Waals surface area (Å²) in [6.07, 6.45) is 6.08. The molecule has 0 N–H and O–H groups in total.